The van der Waals surface area contributed by atoms with Gasteiger partial charge >= 0.3 is 0 Å². The third-order valence-electron chi connectivity index (χ3n) is 3.34. The molecular formula is C14H20FNO2. The Kier molecular flexibility index (Phi) is 4.55. The summed E-state index contributed by atoms with van der Waals surface area (Å²) in [7, 11) is 1.82. The normalized spacial score (nSPS) is 18.6. The Morgan fingerprint density at radius 3 is 2.72 bits per heavy atom. The van der Waals surface area contributed by atoms with E-state index in [1.54, 1.807) is 6.07 Å². The molecule has 0 amide bonds. The number of ether oxygens (including phenoxy) is 2. The first-order valence-corrected chi connectivity index (χ1v) is 6.42. The molecule has 0 radical (unpaired) electrons. The molecular weight excluding hydrogens is 233 g/mol. The zero-order valence-electron chi connectivity index (χ0n) is 10.9. The summed E-state index contributed by atoms with van der Waals surface area (Å²) >= 11 is 0. The average Bonchev–Trinajstić information content (AvgIpc) is 2.39. The Labute approximate surface area is 107 Å². The van der Waals surface area contributed by atoms with Crippen LogP contribution in [0.2, 0.25) is 0 Å². The second-order valence-corrected chi connectivity index (χ2v) is 4.62. The maximum Gasteiger partial charge on any atom is 0.131 e. The van der Waals surface area contributed by atoms with Crippen molar-refractivity contribution in [2.24, 2.45) is 0 Å². The largest absolute Gasteiger partial charge is 0.490 e. The van der Waals surface area contributed by atoms with Crippen LogP contribution in [0.1, 0.15) is 31.4 Å². The van der Waals surface area contributed by atoms with E-state index in [1.807, 2.05) is 20.0 Å². The summed E-state index contributed by atoms with van der Waals surface area (Å²) in [4.78, 5) is 0. The molecule has 1 unspecified atom stereocenters. The number of nitrogens with one attached hydrogen (secondary N) is 1. The summed E-state index contributed by atoms with van der Waals surface area (Å²) in [5, 5.41) is 3.03. The van der Waals surface area contributed by atoms with Crippen LogP contribution >= 0.6 is 0 Å². The predicted molar refractivity (Wildman–Crippen MR) is 68.3 cm³/mol. The van der Waals surface area contributed by atoms with Crippen LogP contribution in [0.5, 0.6) is 5.75 Å². The van der Waals surface area contributed by atoms with Gasteiger partial charge in [-0.05, 0) is 20.0 Å². The number of halogens is 1. The fourth-order valence-electron chi connectivity index (χ4n) is 2.07. The van der Waals surface area contributed by atoms with Gasteiger partial charge in [0.05, 0.1) is 13.2 Å². The Bertz CT molecular complexity index is 391. The van der Waals surface area contributed by atoms with E-state index in [0.29, 0.717) is 11.3 Å². The topological polar surface area (TPSA) is 30.5 Å². The number of hydrogen-bond acceptors (Lipinski definition) is 3. The molecule has 1 atom stereocenters. The van der Waals surface area contributed by atoms with Gasteiger partial charge in [-0.2, -0.15) is 0 Å². The summed E-state index contributed by atoms with van der Waals surface area (Å²) in [5.41, 5.74) is 0.664. The van der Waals surface area contributed by atoms with E-state index in [9.17, 15) is 4.39 Å². The van der Waals surface area contributed by atoms with Crippen molar-refractivity contribution in [2.45, 2.75) is 31.9 Å². The fourth-order valence-corrected chi connectivity index (χ4v) is 2.07. The van der Waals surface area contributed by atoms with Crippen molar-refractivity contribution in [3.05, 3.63) is 29.6 Å². The molecule has 0 bridgehead atoms. The molecule has 1 fully saturated rings. The summed E-state index contributed by atoms with van der Waals surface area (Å²) in [6.07, 6.45) is 1.89. The molecule has 0 aliphatic carbocycles. The molecule has 0 spiro atoms. The minimum absolute atomic E-state index is 0.00197. The van der Waals surface area contributed by atoms with Gasteiger partial charge in [-0.25, -0.2) is 4.39 Å². The van der Waals surface area contributed by atoms with Crippen LogP contribution in [-0.2, 0) is 4.74 Å². The number of rotatable bonds is 4. The van der Waals surface area contributed by atoms with Crippen LogP contribution in [0, 0.1) is 5.82 Å². The Morgan fingerprint density at radius 2 is 2.11 bits per heavy atom. The van der Waals surface area contributed by atoms with Crippen LogP contribution in [0.3, 0.4) is 0 Å². The smallest absolute Gasteiger partial charge is 0.131 e. The van der Waals surface area contributed by atoms with Crippen molar-refractivity contribution in [1.29, 1.82) is 0 Å². The van der Waals surface area contributed by atoms with Gasteiger partial charge in [-0.3, -0.25) is 0 Å². The van der Waals surface area contributed by atoms with Crippen LogP contribution in [0.15, 0.2) is 18.2 Å². The van der Waals surface area contributed by atoms with Crippen molar-refractivity contribution >= 4 is 0 Å². The van der Waals surface area contributed by atoms with Gasteiger partial charge in [-0.1, -0.05) is 6.07 Å². The highest BCUT2D eigenvalue weighted by Crippen LogP contribution is 2.24. The molecule has 4 heteroatoms. The van der Waals surface area contributed by atoms with Crippen LogP contribution in [-0.4, -0.2) is 26.4 Å². The van der Waals surface area contributed by atoms with Crippen molar-refractivity contribution in [3.63, 3.8) is 0 Å². The van der Waals surface area contributed by atoms with Gasteiger partial charge in [0.25, 0.3) is 0 Å². The second kappa shape index (κ2) is 6.16. The predicted octanol–water partition coefficient (Wildman–Crippen LogP) is 2.66. The standard InChI is InChI=1S/C14H20FNO2/c1-10(16-2)13-4-3-12(9-14(13)15)18-11-5-7-17-8-6-11/h3-4,9-11,16H,5-8H2,1-2H3. The van der Waals surface area contributed by atoms with Crippen LogP contribution in [0.4, 0.5) is 4.39 Å². The molecule has 0 saturated carbocycles. The quantitative estimate of drug-likeness (QED) is 0.895. The van der Waals surface area contributed by atoms with E-state index in [-0.39, 0.29) is 18.0 Å². The second-order valence-electron chi connectivity index (χ2n) is 4.62. The lowest BCUT2D eigenvalue weighted by Crippen LogP contribution is -2.26. The maximum atomic E-state index is 13.9. The van der Waals surface area contributed by atoms with E-state index in [4.69, 9.17) is 9.47 Å². The zero-order valence-corrected chi connectivity index (χ0v) is 10.9. The molecule has 2 rings (SSSR count). The average molecular weight is 253 g/mol. The van der Waals surface area contributed by atoms with E-state index in [1.165, 1.54) is 6.07 Å². The third-order valence-corrected chi connectivity index (χ3v) is 3.34. The molecule has 18 heavy (non-hydrogen) atoms. The molecule has 1 aliphatic rings. The van der Waals surface area contributed by atoms with E-state index < -0.39 is 0 Å². The molecule has 3 nitrogen and oxygen atoms in total. The van der Waals surface area contributed by atoms with E-state index in [0.717, 1.165) is 26.1 Å². The molecule has 1 aromatic carbocycles. The van der Waals surface area contributed by atoms with Gasteiger partial charge in [0.2, 0.25) is 0 Å². The van der Waals surface area contributed by atoms with Crippen LogP contribution < -0.4 is 10.1 Å². The minimum atomic E-state index is -0.221. The first-order chi connectivity index (χ1) is 8.70. The van der Waals surface area contributed by atoms with Gasteiger partial charge < -0.3 is 14.8 Å². The molecule has 100 valence electrons. The Morgan fingerprint density at radius 1 is 1.39 bits per heavy atom. The highest BCUT2D eigenvalue weighted by Gasteiger charge is 2.16. The summed E-state index contributed by atoms with van der Waals surface area (Å²) in [5.74, 6) is 0.382. The van der Waals surface area contributed by atoms with Crippen molar-refractivity contribution in [2.75, 3.05) is 20.3 Å². The molecule has 1 aromatic rings. The van der Waals surface area contributed by atoms with Crippen molar-refractivity contribution in [3.8, 4) is 5.75 Å². The molecule has 1 saturated heterocycles. The van der Waals surface area contributed by atoms with Crippen LogP contribution in [0.25, 0.3) is 0 Å². The first-order valence-electron chi connectivity index (χ1n) is 6.42. The molecule has 0 aromatic heterocycles. The zero-order chi connectivity index (χ0) is 13.0. The Balaban J connectivity index is 2.03. The molecule has 1 heterocycles. The highest BCUT2D eigenvalue weighted by molar-refractivity contribution is 5.30. The monoisotopic (exact) mass is 253 g/mol. The molecule has 1 aliphatic heterocycles. The summed E-state index contributed by atoms with van der Waals surface area (Å²) in [6.45, 7) is 3.38. The van der Waals surface area contributed by atoms with E-state index in [2.05, 4.69) is 5.32 Å². The molecule has 1 N–H and O–H groups in total. The van der Waals surface area contributed by atoms with Gasteiger partial charge in [0.1, 0.15) is 17.7 Å². The van der Waals surface area contributed by atoms with Crippen molar-refractivity contribution < 1.29 is 13.9 Å². The maximum absolute atomic E-state index is 13.9. The van der Waals surface area contributed by atoms with Gasteiger partial charge in [0.15, 0.2) is 0 Å². The lowest BCUT2D eigenvalue weighted by molar-refractivity contribution is 0.0254. The minimum Gasteiger partial charge on any atom is -0.490 e. The Hall–Kier alpha value is -1.13. The van der Waals surface area contributed by atoms with Crippen molar-refractivity contribution in [1.82, 2.24) is 5.32 Å². The summed E-state index contributed by atoms with van der Waals surface area (Å²) < 4.78 is 24.9. The lowest BCUT2D eigenvalue weighted by atomic mass is 10.1. The third kappa shape index (κ3) is 3.21. The number of hydrogen-bond donors (Lipinski definition) is 1. The van der Waals surface area contributed by atoms with E-state index >= 15 is 0 Å². The lowest BCUT2D eigenvalue weighted by Gasteiger charge is -2.23. The van der Waals surface area contributed by atoms with Gasteiger partial charge in [-0.15, -0.1) is 0 Å². The fraction of sp³-hybridized carbons (Fsp3) is 0.571. The van der Waals surface area contributed by atoms with Gasteiger partial charge in [0, 0.05) is 30.5 Å². The summed E-state index contributed by atoms with van der Waals surface area (Å²) in [6, 6.07) is 5.09. The number of benzene rings is 1. The SMILES string of the molecule is CNC(C)c1ccc(OC2CCOCC2)cc1F. The highest BCUT2D eigenvalue weighted by atomic mass is 19.1. The first kappa shape index (κ1) is 13.3.